The highest BCUT2D eigenvalue weighted by molar-refractivity contribution is 5.95. The Morgan fingerprint density at radius 3 is 1.23 bits per heavy atom. The summed E-state index contributed by atoms with van der Waals surface area (Å²) in [6, 6.07) is 15.9. The number of nitrogens with zero attached hydrogens (tertiary/aromatic N) is 2. The minimum Gasteiger partial charge on any atom is -0.384 e. The zero-order chi connectivity index (χ0) is 18.5. The highest BCUT2D eigenvalue weighted by atomic mass is 15.3. The van der Waals surface area contributed by atoms with Crippen LogP contribution >= 0.6 is 0 Å². The fraction of sp³-hybridized carbons (Fsp3) is 0.300. The molecule has 0 saturated carbocycles. The van der Waals surface area contributed by atoms with Crippen molar-refractivity contribution < 1.29 is 0 Å². The minimum absolute atomic E-state index is 0.112. The van der Waals surface area contributed by atoms with E-state index < -0.39 is 0 Å². The summed E-state index contributed by atoms with van der Waals surface area (Å²) in [4.78, 5) is 4.91. The molecule has 26 heavy (non-hydrogen) atoms. The van der Waals surface area contributed by atoms with Crippen LogP contribution in [0, 0.1) is 10.8 Å². The first-order valence-corrected chi connectivity index (χ1v) is 8.82. The van der Waals surface area contributed by atoms with Crippen LogP contribution in [0.15, 0.2) is 48.5 Å². The lowest BCUT2D eigenvalue weighted by Crippen LogP contribution is -2.45. The van der Waals surface area contributed by atoms with Crippen molar-refractivity contribution in [2.45, 2.75) is 13.1 Å². The van der Waals surface area contributed by atoms with E-state index in [9.17, 15) is 0 Å². The fourth-order valence-corrected chi connectivity index (χ4v) is 3.20. The van der Waals surface area contributed by atoms with Gasteiger partial charge in [0, 0.05) is 50.4 Å². The van der Waals surface area contributed by atoms with Gasteiger partial charge >= 0.3 is 0 Å². The van der Waals surface area contributed by atoms with Gasteiger partial charge in [-0.05, 0) is 11.1 Å². The monoisotopic (exact) mass is 350 g/mol. The summed E-state index contributed by atoms with van der Waals surface area (Å²) in [5, 5.41) is 14.9. The zero-order valence-electron chi connectivity index (χ0n) is 14.9. The van der Waals surface area contributed by atoms with Crippen molar-refractivity contribution >= 4 is 11.7 Å². The van der Waals surface area contributed by atoms with Gasteiger partial charge in [0.05, 0.1) is 0 Å². The van der Waals surface area contributed by atoms with Crippen LogP contribution in [0.2, 0.25) is 0 Å². The van der Waals surface area contributed by atoms with Crippen LogP contribution in [0.4, 0.5) is 0 Å². The molecule has 2 aromatic carbocycles. The van der Waals surface area contributed by atoms with Crippen LogP contribution in [0.25, 0.3) is 0 Å². The van der Waals surface area contributed by atoms with Gasteiger partial charge in [-0.2, -0.15) is 0 Å². The first-order valence-electron chi connectivity index (χ1n) is 8.82. The Labute approximate surface area is 154 Å². The van der Waals surface area contributed by atoms with Crippen molar-refractivity contribution in [2.75, 3.05) is 26.2 Å². The summed E-state index contributed by atoms with van der Waals surface area (Å²) in [6.07, 6.45) is 0. The molecular weight excluding hydrogens is 324 g/mol. The van der Waals surface area contributed by atoms with Crippen molar-refractivity contribution in [3.63, 3.8) is 0 Å². The normalized spacial score (nSPS) is 15.7. The number of hydrogen-bond donors (Lipinski definition) is 4. The van der Waals surface area contributed by atoms with Gasteiger partial charge in [0.2, 0.25) is 0 Å². The number of nitrogens with one attached hydrogen (secondary N) is 2. The van der Waals surface area contributed by atoms with Crippen molar-refractivity contribution in [1.82, 2.24) is 9.80 Å². The van der Waals surface area contributed by atoms with Gasteiger partial charge in [-0.25, -0.2) is 0 Å². The average molecular weight is 350 g/mol. The van der Waals surface area contributed by atoms with Crippen molar-refractivity contribution in [3.8, 4) is 0 Å². The second-order valence-corrected chi connectivity index (χ2v) is 6.77. The van der Waals surface area contributed by atoms with E-state index in [4.69, 9.17) is 22.3 Å². The SMILES string of the molecule is N=C(N)c1ccc(CN2CCN(Cc3ccc(C(=N)N)cc3)CC2)cc1. The Balaban J connectivity index is 1.47. The largest absolute Gasteiger partial charge is 0.384 e. The third kappa shape index (κ3) is 4.68. The Morgan fingerprint density at radius 2 is 0.962 bits per heavy atom. The molecule has 136 valence electrons. The van der Waals surface area contributed by atoms with Crippen molar-refractivity contribution in [3.05, 3.63) is 70.8 Å². The summed E-state index contributed by atoms with van der Waals surface area (Å²) >= 11 is 0. The van der Waals surface area contributed by atoms with E-state index in [-0.39, 0.29) is 11.7 Å². The molecule has 0 spiro atoms. The predicted octanol–water partition coefficient (Wildman–Crippen LogP) is 1.57. The molecule has 1 fully saturated rings. The molecule has 2 aromatic rings. The van der Waals surface area contributed by atoms with Gasteiger partial charge in [-0.1, -0.05) is 48.5 Å². The molecule has 3 rings (SSSR count). The van der Waals surface area contributed by atoms with E-state index >= 15 is 0 Å². The van der Waals surface area contributed by atoms with E-state index in [1.807, 2.05) is 24.3 Å². The second-order valence-electron chi connectivity index (χ2n) is 6.77. The van der Waals surface area contributed by atoms with Gasteiger partial charge in [0.15, 0.2) is 0 Å². The quantitative estimate of drug-likeness (QED) is 0.469. The van der Waals surface area contributed by atoms with E-state index in [0.717, 1.165) is 50.4 Å². The van der Waals surface area contributed by atoms with Gasteiger partial charge in [0.25, 0.3) is 0 Å². The lowest BCUT2D eigenvalue weighted by Gasteiger charge is -2.34. The second kappa shape index (κ2) is 8.12. The molecule has 1 saturated heterocycles. The maximum absolute atomic E-state index is 7.45. The molecule has 0 bridgehead atoms. The molecule has 1 aliphatic heterocycles. The van der Waals surface area contributed by atoms with E-state index in [0.29, 0.717) is 0 Å². The lowest BCUT2D eigenvalue weighted by molar-refractivity contribution is 0.122. The Morgan fingerprint density at radius 1 is 0.654 bits per heavy atom. The summed E-state index contributed by atoms with van der Waals surface area (Å²) in [5.74, 6) is 0.225. The Bertz CT molecular complexity index is 690. The predicted molar refractivity (Wildman–Crippen MR) is 105 cm³/mol. The van der Waals surface area contributed by atoms with Crippen LogP contribution < -0.4 is 11.5 Å². The number of piperazine rings is 1. The third-order valence-electron chi connectivity index (χ3n) is 4.81. The third-order valence-corrected chi connectivity index (χ3v) is 4.81. The number of amidine groups is 2. The van der Waals surface area contributed by atoms with Gasteiger partial charge in [0.1, 0.15) is 11.7 Å². The molecule has 1 aliphatic rings. The van der Waals surface area contributed by atoms with E-state index in [1.165, 1.54) is 11.1 Å². The van der Waals surface area contributed by atoms with Crippen LogP contribution in [0.1, 0.15) is 22.3 Å². The van der Waals surface area contributed by atoms with Crippen molar-refractivity contribution in [2.24, 2.45) is 11.5 Å². The molecule has 0 unspecified atom stereocenters. The molecule has 0 amide bonds. The van der Waals surface area contributed by atoms with Gasteiger partial charge < -0.3 is 11.5 Å². The molecule has 6 heteroatoms. The topological polar surface area (TPSA) is 106 Å². The molecule has 0 radical (unpaired) electrons. The van der Waals surface area contributed by atoms with Crippen LogP contribution in [0.5, 0.6) is 0 Å². The highest BCUT2D eigenvalue weighted by Gasteiger charge is 2.17. The molecular formula is C20H26N6. The summed E-state index contributed by atoms with van der Waals surface area (Å²) in [6.45, 7) is 6.03. The highest BCUT2D eigenvalue weighted by Crippen LogP contribution is 2.13. The standard InChI is InChI=1S/C20H26N6/c21-19(22)17-5-1-15(2-6-17)13-25-9-11-26(12-10-25)14-16-3-7-18(8-4-16)20(23)24/h1-8H,9-14H2,(H3,21,22)(H3,23,24). The first-order chi connectivity index (χ1) is 12.5. The Hall–Kier alpha value is -2.70. The smallest absolute Gasteiger partial charge is 0.122 e. The number of benzene rings is 2. The number of hydrogen-bond acceptors (Lipinski definition) is 4. The van der Waals surface area contributed by atoms with Crippen LogP contribution in [-0.4, -0.2) is 47.7 Å². The summed E-state index contributed by atoms with van der Waals surface area (Å²) < 4.78 is 0. The molecule has 1 heterocycles. The summed E-state index contributed by atoms with van der Waals surface area (Å²) in [7, 11) is 0. The van der Waals surface area contributed by atoms with Crippen LogP contribution in [0.3, 0.4) is 0 Å². The maximum atomic E-state index is 7.45. The average Bonchev–Trinajstić information content (AvgIpc) is 2.64. The fourth-order valence-electron chi connectivity index (χ4n) is 3.20. The molecule has 0 atom stereocenters. The first kappa shape index (κ1) is 18.1. The molecule has 6 N–H and O–H groups in total. The lowest BCUT2D eigenvalue weighted by atomic mass is 10.1. The minimum atomic E-state index is 0.112. The van der Waals surface area contributed by atoms with E-state index in [2.05, 4.69) is 34.1 Å². The number of nitrogens with two attached hydrogens (primary N) is 2. The van der Waals surface area contributed by atoms with Gasteiger partial charge in [-0.3, -0.25) is 20.6 Å². The van der Waals surface area contributed by atoms with Crippen LogP contribution in [-0.2, 0) is 13.1 Å². The van der Waals surface area contributed by atoms with Crippen molar-refractivity contribution in [1.29, 1.82) is 10.8 Å². The number of rotatable bonds is 6. The Kier molecular flexibility index (Phi) is 5.65. The molecule has 0 aromatic heterocycles. The summed E-state index contributed by atoms with van der Waals surface area (Å²) in [5.41, 5.74) is 15.1. The van der Waals surface area contributed by atoms with Gasteiger partial charge in [-0.15, -0.1) is 0 Å². The molecule has 0 aliphatic carbocycles. The zero-order valence-corrected chi connectivity index (χ0v) is 14.9. The molecule has 6 nitrogen and oxygen atoms in total. The van der Waals surface area contributed by atoms with E-state index in [1.54, 1.807) is 0 Å². The maximum Gasteiger partial charge on any atom is 0.122 e. The number of nitrogen functional groups attached to an aromatic ring is 2.